The maximum Gasteiger partial charge on any atom is -0.00199 e. The third-order valence-electron chi connectivity index (χ3n) is 10.4. The lowest BCUT2D eigenvalue weighted by atomic mass is 9.83. The smallest absolute Gasteiger partial charge is 0.00199 e. The molecule has 0 atom stereocenters. The second-order valence-electron chi connectivity index (χ2n) is 13.2. The number of fused-ring (bicyclic) bond motifs is 5. The van der Waals surface area contributed by atoms with Crippen molar-refractivity contribution >= 4 is 53.9 Å². The van der Waals surface area contributed by atoms with E-state index in [1.165, 1.54) is 98.4 Å². The van der Waals surface area contributed by atoms with Gasteiger partial charge in [-0.2, -0.15) is 0 Å². The molecule has 0 aliphatic rings. The summed E-state index contributed by atoms with van der Waals surface area (Å²) in [4.78, 5) is 0. The third kappa shape index (κ3) is 4.54. The Labute approximate surface area is 291 Å². The number of hydrogen-bond donors (Lipinski definition) is 0. The van der Waals surface area contributed by atoms with Crippen LogP contribution in [0.4, 0.5) is 0 Å². The molecule has 0 aliphatic heterocycles. The van der Waals surface area contributed by atoms with Crippen molar-refractivity contribution in [3.8, 4) is 44.5 Å². The van der Waals surface area contributed by atoms with E-state index in [0.717, 1.165) is 0 Å². The molecule has 10 aromatic rings. The molecule has 0 aliphatic carbocycles. The lowest BCUT2D eigenvalue weighted by molar-refractivity contribution is 1.61. The summed E-state index contributed by atoms with van der Waals surface area (Å²) in [6.07, 6.45) is 0. The van der Waals surface area contributed by atoms with Crippen LogP contribution >= 0.6 is 0 Å². The zero-order valence-corrected chi connectivity index (χ0v) is 27.5. The summed E-state index contributed by atoms with van der Waals surface area (Å²) in [6.45, 7) is 0. The van der Waals surface area contributed by atoms with Gasteiger partial charge in [-0.15, -0.1) is 0 Å². The molecule has 232 valence electrons. The van der Waals surface area contributed by atoms with Crippen LogP contribution in [0.15, 0.2) is 194 Å². The zero-order chi connectivity index (χ0) is 33.0. The van der Waals surface area contributed by atoms with Crippen LogP contribution in [0, 0.1) is 0 Å². The SMILES string of the molecule is c1ccc2c(-c3ccc(-c4cc(-c5c6ccccc6c(-c6cccc7ccccc67)c6ccccc56)c5ccccc5c4)cc3)cccc2c1. The molecule has 0 unspecified atom stereocenters. The summed E-state index contributed by atoms with van der Waals surface area (Å²) in [5.74, 6) is 0. The largest absolute Gasteiger partial charge is 0.0616 e. The molecule has 10 rings (SSSR count). The quantitative estimate of drug-likeness (QED) is 0.169. The van der Waals surface area contributed by atoms with E-state index in [4.69, 9.17) is 0 Å². The first-order valence-corrected chi connectivity index (χ1v) is 17.4. The molecule has 0 aromatic heterocycles. The highest BCUT2D eigenvalue weighted by Crippen LogP contribution is 2.47. The average Bonchev–Trinajstić information content (AvgIpc) is 3.19. The fourth-order valence-electron chi connectivity index (χ4n) is 8.16. The van der Waals surface area contributed by atoms with Gasteiger partial charge in [0.25, 0.3) is 0 Å². The summed E-state index contributed by atoms with van der Waals surface area (Å²) in [6, 6.07) is 71.3. The Morgan fingerprint density at radius 1 is 0.200 bits per heavy atom. The zero-order valence-electron chi connectivity index (χ0n) is 27.5. The Kier molecular flexibility index (Phi) is 6.60. The molecule has 0 bridgehead atoms. The number of benzene rings is 10. The molecule has 50 heavy (non-hydrogen) atoms. The maximum absolute atomic E-state index is 2.42. The monoisotopic (exact) mass is 632 g/mol. The van der Waals surface area contributed by atoms with Gasteiger partial charge in [0.2, 0.25) is 0 Å². The molecule has 0 spiro atoms. The Bertz CT molecular complexity index is 2840. The van der Waals surface area contributed by atoms with E-state index in [1.54, 1.807) is 0 Å². The molecule has 0 saturated carbocycles. The van der Waals surface area contributed by atoms with Crippen LogP contribution in [0.2, 0.25) is 0 Å². The Balaban J connectivity index is 1.22. The average molecular weight is 633 g/mol. The van der Waals surface area contributed by atoms with Crippen LogP contribution in [0.1, 0.15) is 0 Å². The number of hydrogen-bond acceptors (Lipinski definition) is 0. The summed E-state index contributed by atoms with van der Waals surface area (Å²) in [5, 5.41) is 12.6. The minimum absolute atomic E-state index is 1.21. The van der Waals surface area contributed by atoms with Crippen molar-refractivity contribution in [3.05, 3.63) is 194 Å². The second-order valence-corrected chi connectivity index (χ2v) is 13.2. The minimum Gasteiger partial charge on any atom is -0.0616 e. The summed E-state index contributed by atoms with van der Waals surface area (Å²) in [5.41, 5.74) is 10.0. The van der Waals surface area contributed by atoms with Crippen molar-refractivity contribution in [1.29, 1.82) is 0 Å². The predicted molar refractivity (Wildman–Crippen MR) is 216 cm³/mol. The van der Waals surface area contributed by atoms with Gasteiger partial charge in [0.15, 0.2) is 0 Å². The van der Waals surface area contributed by atoms with Crippen LogP contribution in [0.5, 0.6) is 0 Å². The highest BCUT2D eigenvalue weighted by atomic mass is 14.2. The fraction of sp³-hybridized carbons (Fsp3) is 0. The predicted octanol–water partition coefficient (Wildman–Crippen LogP) is 14.1. The van der Waals surface area contributed by atoms with Crippen LogP contribution in [0.3, 0.4) is 0 Å². The van der Waals surface area contributed by atoms with Gasteiger partial charge in [-0.05, 0) is 111 Å². The van der Waals surface area contributed by atoms with E-state index in [0.29, 0.717) is 0 Å². The molecule has 0 heterocycles. The molecule has 0 fully saturated rings. The molecule has 0 amide bonds. The molecular formula is C50H32. The van der Waals surface area contributed by atoms with Crippen molar-refractivity contribution in [2.24, 2.45) is 0 Å². The second kappa shape index (κ2) is 11.6. The summed E-state index contributed by atoms with van der Waals surface area (Å²) in [7, 11) is 0. The summed E-state index contributed by atoms with van der Waals surface area (Å²) >= 11 is 0. The van der Waals surface area contributed by atoms with E-state index in [1.807, 2.05) is 0 Å². The lowest BCUT2D eigenvalue weighted by Crippen LogP contribution is -1.93. The van der Waals surface area contributed by atoms with Crippen molar-refractivity contribution in [3.63, 3.8) is 0 Å². The first-order chi connectivity index (χ1) is 24.8. The molecular weight excluding hydrogens is 601 g/mol. The number of rotatable bonds is 4. The Hall–Kier alpha value is -6.50. The van der Waals surface area contributed by atoms with Crippen LogP contribution in [0.25, 0.3) is 98.4 Å². The van der Waals surface area contributed by atoms with Crippen LogP contribution < -0.4 is 0 Å². The lowest BCUT2D eigenvalue weighted by Gasteiger charge is -2.20. The topological polar surface area (TPSA) is 0 Å². The van der Waals surface area contributed by atoms with Gasteiger partial charge in [-0.25, -0.2) is 0 Å². The summed E-state index contributed by atoms with van der Waals surface area (Å²) < 4.78 is 0. The van der Waals surface area contributed by atoms with Gasteiger partial charge in [-0.3, -0.25) is 0 Å². The molecule has 0 heteroatoms. The first-order valence-electron chi connectivity index (χ1n) is 17.4. The van der Waals surface area contributed by atoms with E-state index in [2.05, 4.69) is 194 Å². The van der Waals surface area contributed by atoms with Crippen LogP contribution in [-0.2, 0) is 0 Å². The standard InChI is InChI=1S/C50H32/c1-4-18-39-34(13-1)16-11-25-40(39)36-29-27-33(28-30-36)38-31-37-15-3-6-20-42(37)48(32-38)50-46-23-9-7-21-44(46)49(45-22-8-10-24-47(45)50)43-26-12-17-35-14-2-5-19-41(35)43/h1-32H. The molecule has 0 nitrogen and oxygen atoms in total. The van der Waals surface area contributed by atoms with Gasteiger partial charge in [0.1, 0.15) is 0 Å². The molecule has 0 radical (unpaired) electrons. The van der Waals surface area contributed by atoms with E-state index in [9.17, 15) is 0 Å². The fourth-order valence-corrected chi connectivity index (χ4v) is 8.16. The molecule has 0 saturated heterocycles. The van der Waals surface area contributed by atoms with E-state index >= 15 is 0 Å². The van der Waals surface area contributed by atoms with E-state index < -0.39 is 0 Å². The maximum atomic E-state index is 2.42. The van der Waals surface area contributed by atoms with Gasteiger partial charge < -0.3 is 0 Å². The minimum atomic E-state index is 1.21. The first kappa shape index (κ1) is 28.5. The van der Waals surface area contributed by atoms with Gasteiger partial charge in [-0.1, -0.05) is 182 Å². The van der Waals surface area contributed by atoms with E-state index in [-0.39, 0.29) is 0 Å². The van der Waals surface area contributed by atoms with Crippen LogP contribution in [-0.4, -0.2) is 0 Å². The van der Waals surface area contributed by atoms with Crippen molar-refractivity contribution < 1.29 is 0 Å². The van der Waals surface area contributed by atoms with Gasteiger partial charge in [0.05, 0.1) is 0 Å². The van der Waals surface area contributed by atoms with Crippen molar-refractivity contribution in [2.75, 3.05) is 0 Å². The third-order valence-corrected chi connectivity index (χ3v) is 10.4. The Morgan fingerprint density at radius 3 is 1.14 bits per heavy atom. The molecule has 0 N–H and O–H groups in total. The van der Waals surface area contributed by atoms with Crippen molar-refractivity contribution in [1.82, 2.24) is 0 Å². The molecule has 10 aromatic carbocycles. The highest BCUT2D eigenvalue weighted by molar-refractivity contribution is 6.25. The van der Waals surface area contributed by atoms with Crippen molar-refractivity contribution in [2.45, 2.75) is 0 Å². The normalized spacial score (nSPS) is 11.6. The Morgan fingerprint density at radius 2 is 0.580 bits per heavy atom. The highest BCUT2D eigenvalue weighted by Gasteiger charge is 2.20. The van der Waals surface area contributed by atoms with Gasteiger partial charge >= 0.3 is 0 Å². The van der Waals surface area contributed by atoms with Gasteiger partial charge in [0, 0.05) is 0 Å².